The molecule has 20 heavy (non-hydrogen) atoms. The Morgan fingerprint density at radius 3 is 2.80 bits per heavy atom. The van der Waals surface area contributed by atoms with Crippen molar-refractivity contribution in [2.75, 3.05) is 0 Å². The number of rotatable bonds is 4. The van der Waals surface area contributed by atoms with Gasteiger partial charge in [0.1, 0.15) is 5.75 Å². The summed E-state index contributed by atoms with van der Waals surface area (Å²) < 4.78 is 5.19. The summed E-state index contributed by atoms with van der Waals surface area (Å²) in [5, 5.41) is 13.1. The van der Waals surface area contributed by atoms with Gasteiger partial charge in [-0.3, -0.25) is 4.98 Å². The zero-order valence-corrected chi connectivity index (χ0v) is 11.2. The molecule has 2 heterocycles. The van der Waals surface area contributed by atoms with Crippen LogP contribution in [0, 0.1) is 0 Å². The second kappa shape index (κ2) is 5.40. The standard InChI is InChI=1S/C13H12N4O2S/c14-10(5-8-1-3-9(18)4-2-8)13-16-12(17-19-13)11-6-15-7-20-11/h1-4,6-7,10,18H,5,14H2/t10-/m0/s1. The maximum absolute atomic E-state index is 9.24. The van der Waals surface area contributed by atoms with Crippen molar-refractivity contribution in [3.8, 4) is 16.5 Å². The molecule has 0 radical (unpaired) electrons. The largest absolute Gasteiger partial charge is 0.508 e. The van der Waals surface area contributed by atoms with Crippen LogP contribution in [0.1, 0.15) is 17.5 Å². The Bertz CT molecular complexity index is 679. The molecule has 3 N–H and O–H groups in total. The summed E-state index contributed by atoms with van der Waals surface area (Å²) in [5.74, 6) is 1.12. The van der Waals surface area contributed by atoms with Crippen LogP contribution in [0.3, 0.4) is 0 Å². The zero-order chi connectivity index (χ0) is 13.9. The number of hydrogen-bond acceptors (Lipinski definition) is 7. The Morgan fingerprint density at radius 1 is 1.30 bits per heavy atom. The van der Waals surface area contributed by atoms with Crippen molar-refractivity contribution in [3.63, 3.8) is 0 Å². The molecule has 0 unspecified atom stereocenters. The number of thiazole rings is 1. The fourth-order valence-electron chi connectivity index (χ4n) is 1.79. The SMILES string of the molecule is N[C@@H](Cc1ccc(O)cc1)c1nc(-c2cncs2)no1. The molecule has 7 heteroatoms. The summed E-state index contributed by atoms with van der Waals surface area (Å²) in [5.41, 5.74) is 8.76. The van der Waals surface area contributed by atoms with Gasteiger partial charge < -0.3 is 15.4 Å². The maximum atomic E-state index is 9.24. The maximum Gasteiger partial charge on any atom is 0.244 e. The smallest absolute Gasteiger partial charge is 0.244 e. The summed E-state index contributed by atoms with van der Waals surface area (Å²) in [6, 6.07) is 6.50. The predicted molar refractivity (Wildman–Crippen MR) is 74.1 cm³/mol. The zero-order valence-electron chi connectivity index (χ0n) is 10.4. The van der Waals surface area contributed by atoms with E-state index in [0.29, 0.717) is 18.1 Å². The Morgan fingerprint density at radius 2 is 2.10 bits per heavy atom. The first-order chi connectivity index (χ1) is 9.72. The van der Waals surface area contributed by atoms with Crippen LogP contribution in [0.15, 0.2) is 40.5 Å². The van der Waals surface area contributed by atoms with E-state index in [1.807, 2.05) is 12.1 Å². The average Bonchev–Trinajstić information content (AvgIpc) is 3.11. The summed E-state index contributed by atoms with van der Waals surface area (Å²) in [7, 11) is 0. The number of benzene rings is 1. The van der Waals surface area contributed by atoms with E-state index in [9.17, 15) is 5.11 Å². The van der Waals surface area contributed by atoms with Gasteiger partial charge >= 0.3 is 0 Å². The lowest BCUT2D eigenvalue weighted by molar-refractivity contribution is 0.354. The van der Waals surface area contributed by atoms with Gasteiger partial charge in [0.25, 0.3) is 0 Å². The minimum absolute atomic E-state index is 0.229. The summed E-state index contributed by atoms with van der Waals surface area (Å²) in [6.45, 7) is 0. The number of phenolic OH excluding ortho intramolecular Hbond substituents is 1. The highest BCUT2D eigenvalue weighted by Gasteiger charge is 2.16. The third-order valence-corrected chi connectivity index (χ3v) is 3.57. The Balaban J connectivity index is 1.74. The molecule has 0 aliphatic carbocycles. The topological polar surface area (TPSA) is 98.1 Å². The summed E-state index contributed by atoms with van der Waals surface area (Å²) in [4.78, 5) is 9.10. The molecule has 0 aliphatic heterocycles. The van der Waals surface area contributed by atoms with Crippen molar-refractivity contribution in [1.29, 1.82) is 0 Å². The third-order valence-electron chi connectivity index (χ3n) is 2.80. The Hall–Kier alpha value is -2.25. The molecule has 1 atom stereocenters. The number of aromatic hydroxyl groups is 1. The number of nitrogens with two attached hydrogens (primary N) is 1. The van der Waals surface area contributed by atoms with E-state index >= 15 is 0 Å². The molecule has 0 aliphatic rings. The molecule has 3 rings (SSSR count). The summed E-state index contributed by atoms with van der Waals surface area (Å²) >= 11 is 1.44. The molecule has 0 spiro atoms. The molecular formula is C13H12N4O2S. The van der Waals surface area contributed by atoms with Crippen LogP contribution >= 0.6 is 11.3 Å². The molecule has 3 aromatic rings. The summed E-state index contributed by atoms with van der Waals surface area (Å²) in [6.07, 6.45) is 2.25. The minimum Gasteiger partial charge on any atom is -0.508 e. The fraction of sp³-hybridized carbons (Fsp3) is 0.154. The molecule has 6 nitrogen and oxygen atoms in total. The van der Waals surface area contributed by atoms with Crippen LogP contribution in [-0.4, -0.2) is 20.2 Å². The van der Waals surface area contributed by atoms with Crippen LogP contribution in [0.25, 0.3) is 10.7 Å². The predicted octanol–water partition coefficient (Wildman–Crippen LogP) is 2.14. The monoisotopic (exact) mass is 288 g/mol. The lowest BCUT2D eigenvalue weighted by Gasteiger charge is -2.06. The molecule has 2 aromatic heterocycles. The van der Waals surface area contributed by atoms with Crippen molar-refractivity contribution < 1.29 is 9.63 Å². The van der Waals surface area contributed by atoms with Crippen LogP contribution in [0.4, 0.5) is 0 Å². The van der Waals surface area contributed by atoms with E-state index in [1.165, 1.54) is 11.3 Å². The van der Waals surface area contributed by atoms with Gasteiger partial charge in [-0.15, -0.1) is 11.3 Å². The molecule has 0 bridgehead atoms. The van der Waals surface area contributed by atoms with Gasteiger partial charge in [0.15, 0.2) is 0 Å². The fourth-order valence-corrected chi connectivity index (χ4v) is 2.33. The molecule has 0 saturated heterocycles. The highest BCUT2D eigenvalue weighted by molar-refractivity contribution is 7.13. The lowest BCUT2D eigenvalue weighted by atomic mass is 10.1. The minimum atomic E-state index is -0.381. The second-order valence-corrected chi connectivity index (χ2v) is 5.19. The number of phenols is 1. The first kappa shape index (κ1) is 12.8. The molecular weight excluding hydrogens is 276 g/mol. The lowest BCUT2D eigenvalue weighted by Crippen LogP contribution is -2.13. The molecule has 1 aromatic carbocycles. The molecule has 0 saturated carbocycles. The highest BCUT2D eigenvalue weighted by atomic mass is 32.1. The first-order valence-electron chi connectivity index (χ1n) is 5.98. The molecule has 0 amide bonds. The van der Waals surface area contributed by atoms with Crippen LogP contribution in [-0.2, 0) is 6.42 Å². The Labute approximate surface area is 118 Å². The van der Waals surface area contributed by atoms with E-state index in [2.05, 4.69) is 15.1 Å². The number of hydrogen-bond donors (Lipinski definition) is 2. The van der Waals surface area contributed by atoms with Crippen molar-refractivity contribution in [1.82, 2.24) is 15.1 Å². The van der Waals surface area contributed by atoms with Gasteiger partial charge in [0, 0.05) is 6.20 Å². The quantitative estimate of drug-likeness (QED) is 0.763. The van der Waals surface area contributed by atoms with Crippen molar-refractivity contribution >= 4 is 11.3 Å². The van der Waals surface area contributed by atoms with E-state index in [-0.39, 0.29) is 11.8 Å². The van der Waals surface area contributed by atoms with Crippen molar-refractivity contribution in [3.05, 3.63) is 47.4 Å². The van der Waals surface area contributed by atoms with E-state index in [4.69, 9.17) is 10.3 Å². The van der Waals surface area contributed by atoms with E-state index < -0.39 is 0 Å². The van der Waals surface area contributed by atoms with Crippen molar-refractivity contribution in [2.24, 2.45) is 5.73 Å². The van der Waals surface area contributed by atoms with Crippen LogP contribution in [0.5, 0.6) is 5.75 Å². The second-order valence-electron chi connectivity index (χ2n) is 4.30. The number of aromatic nitrogens is 3. The van der Waals surface area contributed by atoms with Gasteiger partial charge in [-0.2, -0.15) is 4.98 Å². The van der Waals surface area contributed by atoms with Gasteiger partial charge in [-0.25, -0.2) is 0 Å². The average molecular weight is 288 g/mol. The van der Waals surface area contributed by atoms with Crippen LogP contribution < -0.4 is 5.73 Å². The number of nitrogens with zero attached hydrogens (tertiary/aromatic N) is 3. The van der Waals surface area contributed by atoms with Gasteiger partial charge in [-0.1, -0.05) is 17.3 Å². The normalized spacial score (nSPS) is 12.4. The first-order valence-corrected chi connectivity index (χ1v) is 6.86. The Kier molecular flexibility index (Phi) is 3.44. The van der Waals surface area contributed by atoms with E-state index in [0.717, 1.165) is 10.4 Å². The third kappa shape index (κ3) is 2.68. The van der Waals surface area contributed by atoms with E-state index in [1.54, 1.807) is 23.8 Å². The van der Waals surface area contributed by atoms with Crippen molar-refractivity contribution in [2.45, 2.75) is 12.5 Å². The molecule has 0 fully saturated rings. The highest BCUT2D eigenvalue weighted by Crippen LogP contribution is 2.22. The molecule has 102 valence electrons. The van der Waals surface area contributed by atoms with Gasteiger partial charge in [0.05, 0.1) is 16.4 Å². The van der Waals surface area contributed by atoms with Gasteiger partial charge in [0.2, 0.25) is 11.7 Å². The van der Waals surface area contributed by atoms with Gasteiger partial charge in [-0.05, 0) is 24.1 Å². The van der Waals surface area contributed by atoms with Crippen LogP contribution in [0.2, 0.25) is 0 Å².